The van der Waals surface area contributed by atoms with Crippen LogP contribution in [0.5, 0.6) is 5.75 Å². The standard InChI is InChI=1S/C41H51NO14/c1-25(43)48-23-33-36(53-26(2)44)37(54-27(3)45)34(42)40(55-33)52-24-32-35(49-22-30-16-18-31(46-4)19-17-30)38(50-20-28-12-8-6-9-13-28)39(41(47-5)56-32)51-21-29-14-10-7-11-15-29/h6-19,32-41H,20-24,42H2,1-5H3/t32-,33-,34-,35-,36-,37-,38+,39-,40-,41-/m1/s1. The summed E-state index contributed by atoms with van der Waals surface area (Å²) in [5.74, 6) is -1.27. The van der Waals surface area contributed by atoms with Gasteiger partial charge in [-0.25, -0.2) is 0 Å². The van der Waals surface area contributed by atoms with E-state index in [1.807, 2.05) is 84.9 Å². The number of hydrogen-bond acceptors (Lipinski definition) is 15. The van der Waals surface area contributed by atoms with Gasteiger partial charge in [0.2, 0.25) is 0 Å². The van der Waals surface area contributed by atoms with E-state index in [1.54, 1.807) is 7.11 Å². The summed E-state index contributed by atoms with van der Waals surface area (Å²) >= 11 is 0. The molecule has 2 saturated heterocycles. The van der Waals surface area contributed by atoms with Crippen molar-refractivity contribution < 1.29 is 66.5 Å². The Labute approximate surface area is 326 Å². The van der Waals surface area contributed by atoms with Crippen LogP contribution < -0.4 is 10.5 Å². The van der Waals surface area contributed by atoms with Crippen LogP contribution in [0.25, 0.3) is 0 Å². The van der Waals surface area contributed by atoms with Gasteiger partial charge in [-0.15, -0.1) is 0 Å². The second-order valence-electron chi connectivity index (χ2n) is 13.3. The van der Waals surface area contributed by atoms with Crippen molar-refractivity contribution in [3.05, 3.63) is 102 Å². The molecule has 15 nitrogen and oxygen atoms in total. The third-order valence-corrected chi connectivity index (χ3v) is 9.17. The van der Waals surface area contributed by atoms with Crippen LogP contribution in [0.2, 0.25) is 0 Å². The Morgan fingerprint density at radius 2 is 1.05 bits per heavy atom. The van der Waals surface area contributed by atoms with Crippen molar-refractivity contribution >= 4 is 17.9 Å². The number of benzene rings is 3. The molecule has 0 radical (unpaired) electrons. The maximum Gasteiger partial charge on any atom is 0.303 e. The minimum Gasteiger partial charge on any atom is -0.497 e. The highest BCUT2D eigenvalue weighted by molar-refractivity contribution is 5.68. The second kappa shape index (κ2) is 21.2. The van der Waals surface area contributed by atoms with Crippen LogP contribution in [0.3, 0.4) is 0 Å². The quantitative estimate of drug-likeness (QED) is 0.146. The largest absolute Gasteiger partial charge is 0.497 e. The first-order valence-corrected chi connectivity index (χ1v) is 18.3. The molecule has 304 valence electrons. The van der Waals surface area contributed by atoms with E-state index in [2.05, 4.69) is 0 Å². The average molecular weight is 782 g/mol. The molecular formula is C41H51NO14. The van der Waals surface area contributed by atoms with Crippen molar-refractivity contribution in [1.82, 2.24) is 0 Å². The predicted molar refractivity (Wildman–Crippen MR) is 198 cm³/mol. The first-order chi connectivity index (χ1) is 27.1. The summed E-state index contributed by atoms with van der Waals surface area (Å²) in [6, 6.07) is 25.7. The monoisotopic (exact) mass is 781 g/mol. The van der Waals surface area contributed by atoms with E-state index in [1.165, 1.54) is 27.9 Å². The minimum absolute atomic E-state index is 0.158. The molecule has 3 aromatic rings. The maximum absolute atomic E-state index is 12.2. The molecule has 0 bridgehead atoms. The highest BCUT2D eigenvalue weighted by Crippen LogP contribution is 2.33. The van der Waals surface area contributed by atoms with Crippen molar-refractivity contribution in [2.24, 2.45) is 5.73 Å². The molecule has 2 fully saturated rings. The topological polar surface area (TPSA) is 179 Å². The first-order valence-electron chi connectivity index (χ1n) is 18.3. The summed E-state index contributed by atoms with van der Waals surface area (Å²) in [5.41, 5.74) is 9.32. The van der Waals surface area contributed by atoms with Gasteiger partial charge in [0, 0.05) is 27.9 Å². The van der Waals surface area contributed by atoms with Crippen molar-refractivity contribution in [2.45, 2.75) is 102 Å². The van der Waals surface area contributed by atoms with Gasteiger partial charge in [-0.05, 0) is 28.8 Å². The van der Waals surface area contributed by atoms with Crippen LogP contribution in [0.4, 0.5) is 0 Å². The summed E-state index contributed by atoms with van der Waals surface area (Å²) in [4.78, 5) is 36.1. The maximum atomic E-state index is 12.2. The van der Waals surface area contributed by atoms with Crippen molar-refractivity contribution in [1.29, 1.82) is 0 Å². The van der Waals surface area contributed by atoms with Crippen molar-refractivity contribution in [2.75, 3.05) is 27.4 Å². The van der Waals surface area contributed by atoms with Gasteiger partial charge >= 0.3 is 17.9 Å². The molecule has 15 heteroatoms. The molecule has 2 aliphatic rings. The molecule has 10 atom stereocenters. The smallest absolute Gasteiger partial charge is 0.303 e. The molecule has 0 saturated carbocycles. The lowest BCUT2D eigenvalue weighted by Gasteiger charge is -2.47. The molecule has 5 rings (SSSR count). The van der Waals surface area contributed by atoms with Gasteiger partial charge in [-0.3, -0.25) is 14.4 Å². The molecule has 0 spiro atoms. The van der Waals surface area contributed by atoms with Crippen LogP contribution in [0, 0.1) is 0 Å². The molecule has 3 aromatic carbocycles. The summed E-state index contributed by atoms with van der Waals surface area (Å²) < 4.78 is 66.3. The molecule has 2 heterocycles. The van der Waals surface area contributed by atoms with E-state index >= 15 is 0 Å². The number of rotatable bonds is 18. The van der Waals surface area contributed by atoms with E-state index in [4.69, 9.17) is 57.8 Å². The fraction of sp³-hybridized carbons (Fsp3) is 0.488. The summed E-state index contributed by atoms with van der Waals surface area (Å²) in [6.07, 6.45) is -8.91. The van der Waals surface area contributed by atoms with E-state index in [0.717, 1.165) is 16.7 Å². The lowest BCUT2D eigenvalue weighted by Crippen LogP contribution is -2.66. The van der Waals surface area contributed by atoms with E-state index in [-0.39, 0.29) is 33.0 Å². The van der Waals surface area contributed by atoms with Gasteiger partial charge in [-0.2, -0.15) is 0 Å². The average Bonchev–Trinajstić information content (AvgIpc) is 3.19. The molecule has 2 N–H and O–H groups in total. The Bertz CT molecular complexity index is 1660. The Balaban J connectivity index is 1.44. The van der Waals surface area contributed by atoms with E-state index in [0.29, 0.717) is 5.75 Å². The fourth-order valence-electron chi connectivity index (χ4n) is 6.49. The van der Waals surface area contributed by atoms with Crippen LogP contribution >= 0.6 is 0 Å². The molecule has 0 aromatic heterocycles. The Hall–Kier alpha value is -4.45. The van der Waals surface area contributed by atoms with E-state index in [9.17, 15) is 14.4 Å². The van der Waals surface area contributed by atoms with E-state index < -0.39 is 79.3 Å². The third kappa shape index (κ3) is 12.0. The SMILES string of the molecule is COc1ccc(CO[C@H]2[C@H](OCc3ccccc3)[C@@H](OCc3ccccc3)[C@H](OC)O[C@@H]2CO[C@@H]2O[C@H](COC(C)=O)[C@@H](OC(C)=O)[C@H](OC(C)=O)[C@H]2N)cc1. The van der Waals surface area contributed by atoms with Gasteiger partial charge in [0.05, 0.1) is 39.6 Å². The highest BCUT2D eigenvalue weighted by Gasteiger charge is 2.52. The third-order valence-electron chi connectivity index (χ3n) is 9.17. The number of esters is 3. The fourth-order valence-corrected chi connectivity index (χ4v) is 6.49. The van der Waals surface area contributed by atoms with Gasteiger partial charge in [-0.1, -0.05) is 72.8 Å². The zero-order valence-electron chi connectivity index (χ0n) is 32.2. The number of methoxy groups -OCH3 is 2. The summed E-state index contributed by atoms with van der Waals surface area (Å²) in [7, 11) is 3.10. The van der Waals surface area contributed by atoms with Crippen molar-refractivity contribution in [3.8, 4) is 5.75 Å². The van der Waals surface area contributed by atoms with Crippen LogP contribution in [-0.4, -0.2) is 107 Å². The number of ether oxygens (including phenoxy) is 11. The Kier molecular flexibility index (Phi) is 16.1. The van der Waals surface area contributed by atoms with Crippen LogP contribution in [0.15, 0.2) is 84.9 Å². The number of hydrogen-bond donors (Lipinski definition) is 1. The van der Waals surface area contributed by atoms with Gasteiger partial charge < -0.3 is 57.8 Å². The molecule has 0 aliphatic carbocycles. The zero-order chi connectivity index (χ0) is 40.0. The Morgan fingerprint density at radius 3 is 1.59 bits per heavy atom. The first kappa shape index (κ1) is 42.7. The number of nitrogens with two attached hydrogens (primary N) is 1. The predicted octanol–water partition coefficient (Wildman–Crippen LogP) is 3.62. The molecular weight excluding hydrogens is 730 g/mol. The normalized spacial score (nSPS) is 27.5. The Morgan fingerprint density at radius 1 is 0.554 bits per heavy atom. The number of carbonyl (C=O) groups excluding carboxylic acids is 3. The highest BCUT2D eigenvalue weighted by atomic mass is 16.7. The molecule has 0 amide bonds. The number of carbonyl (C=O) groups is 3. The molecule has 56 heavy (non-hydrogen) atoms. The van der Waals surface area contributed by atoms with Crippen LogP contribution in [0.1, 0.15) is 37.5 Å². The molecule has 0 unspecified atom stereocenters. The summed E-state index contributed by atoms with van der Waals surface area (Å²) in [6.45, 7) is 3.69. The minimum atomic E-state index is -1.26. The van der Waals surface area contributed by atoms with Crippen LogP contribution in [-0.2, 0) is 81.6 Å². The lowest BCUT2D eigenvalue weighted by atomic mass is 9.96. The second-order valence-corrected chi connectivity index (χ2v) is 13.3. The van der Waals surface area contributed by atoms with Gasteiger partial charge in [0.1, 0.15) is 42.9 Å². The zero-order valence-corrected chi connectivity index (χ0v) is 32.2. The van der Waals surface area contributed by atoms with Gasteiger partial charge in [0.15, 0.2) is 24.8 Å². The lowest BCUT2D eigenvalue weighted by molar-refractivity contribution is -0.334. The molecule has 2 aliphatic heterocycles. The summed E-state index contributed by atoms with van der Waals surface area (Å²) in [5, 5.41) is 0. The van der Waals surface area contributed by atoms with Crippen molar-refractivity contribution in [3.63, 3.8) is 0 Å². The van der Waals surface area contributed by atoms with Gasteiger partial charge in [0.25, 0.3) is 0 Å².